The molecule has 4 heteroatoms. The summed E-state index contributed by atoms with van der Waals surface area (Å²) in [6.45, 7) is 5.23. The van der Waals surface area contributed by atoms with Crippen LogP contribution in [0.1, 0.15) is 31.4 Å². The summed E-state index contributed by atoms with van der Waals surface area (Å²) < 4.78 is 19.5. The third-order valence-electron chi connectivity index (χ3n) is 4.46. The lowest BCUT2D eigenvalue weighted by molar-refractivity contribution is 0.0247. The number of methoxy groups -OCH3 is 1. The Kier molecular flexibility index (Phi) is 6.15. The Morgan fingerprint density at radius 2 is 2.19 bits per heavy atom. The van der Waals surface area contributed by atoms with Crippen LogP contribution in [0.25, 0.3) is 0 Å². The number of piperidine rings is 1. The largest absolute Gasteiger partial charge is 0.380 e. The van der Waals surface area contributed by atoms with E-state index in [1.54, 1.807) is 13.2 Å². The third kappa shape index (κ3) is 4.25. The van der Waals surface area contributed by atoms with Gasteiger partial charge in [-0.1, -0.05) is 25.1 Å². The smallest absolute Gasteiger partial charge is 0.127 e. The van der Waals surface area contributed by atoms with Gasteiger partial charge in [0.2, 0.25) is 0 Å². The molecule has 0 bridgehead atoms. The van der Waals surface area contributed by atoms with Gasteiger partial charge in [0.05, 0.1) is 6.10 Å². The summed E-state index contributed by atoms with van der Waals surface area (Å²) in [4.78, 5) is 2.44. The molecular formula is C17H27FN2O. The molecule has 21 heavy (non-hydrogen) atoms. The Balaban J connectivity index is 2.00. The molecule has 1 aromatic rings. The number of hydrogen-bond donors (Lipinski definition) is 1. The number of hydrogen-bond acceptors (Lipinski definition) is 3. The average molecular weight is 294 g/mol. The summed E-state index contributed by atoms with van der Waals surface area (Å²) in [5, 5.41) is 3.28. The molecule has 0 radical (unpaired) electrons. The molecule has 1 heterocycles. The van der Waals surface area contributed by atoms with Crippen molar-refractivity contribution in [3.05, 3.63) is 35.6 Å². The highest BCUT2D eigenvalue weighted by Crippen LogP contribution is 2.26. The Morgan fingerprint density at radius 3 is 2.86 bits per heavy atom. The molecule has 1 aliphatic heterocycles. The molecular weight excluding hydrogens is 267 g/mol. The van der Waals surface area contributed by atoms with Crippen LogP contribution in [0.5, 0.6) is 0 Å². The molecule has 0 saturated carbocycles. The van der Waals surface area contributed by atoms with Crippen molar-refractivity contribution in [2.75, 3.05) is 33.8 Å². The van der Waals surface area contributed by atoms with E-state index in [1.807, 2.05) is 19.2 Å². The van der Waals surface area contributed by atoms with Crippen molar-refractivity contribution in [3.8, 4) is 0 Å². The van der Waals surface area contributed by atoms with Gasteiger partial charge in [-0.05, 0) is 38.4 Å². The average Bonchev–Trinajstić information content (AvgIpc) is 2.50. The van der Waals surface area contributed by atoms with Crippen molar-refractivity contribution < 1.29 is 9.13 Å². The van der Waals surface area contributed by atoms with Crippen LogP contribution in [-0.4, -0.2) is 44.8 Å². The number of likely N-dealkylation sites (tertiary alicyclic amines) is 1. The van der Waals surface area contributed by atoms with E-state index in [0.717, 1.165) is 31.6 Å². The van der Waals surface area contributed by atoms with E-state index in [0.29, 0.717) is 12.0 Å². The number of benzene rings is 1. The lowest BCUT2D eigenvalue weighted by Gasteiger charge is -2.35. The maximum absolute atomic E-state index is 14.0. The zero-order valence-corrected chi connectivity index (χ0v) is 13.3. The van der Waals surface area contributed by atoms with Gasteiger partial charge in [-0.25, -0.2) is 4.39 Å². The van der Waals surface area contributed by atoms with Crippen molar-refractivity contribution in [2.45, 2.75) is 31.9 Å². The first kappa shape index (κ1) is 16.4. The quantitative estimate of drug-likeness (QED) is 0.873. The maximum atomic E-state index is 14.0. The fourth-order valence-corrected chi connectivity index (χ4v) is 3.36. The summed E-state index contributed by atoms with van der Waals surface area (Å²) in [6.07, 6.45) is 2.66. The Morgan fingerprint density at radius 1 is 1.43 bits per heavy atom. The van der Waals surface area contributed by atoms with Crippen LogP contribution in [0.4, 0.5) is 4.39 Å². The van der Waals surface area contributed by atoms with Crippen LogP contribution in [0, 0.1) is 11.7 Å². The van der Waals surface area contributed by atoms with Crippen LogP contribution < -0.4 is 5.32 Å². The molecule has 0 spiro atoms. The summed E-state index contributed by atoms with van der Waals surface area (Å²) in [5.74, 6) is 0.208. The number of halogens is 1. The number of nitrogens with zero attached hydrogens (tertiary/aromatic N) is 1. The molecule has 1 aliphatic rings. The molecule has 2 rings (SSSR count). The molecule has 3 unspecified atom stereocenters. The first-order valence-electron chi connectivity index (χ1n) is 7.82. The second-order valence-electron chi connectivity index (χ2n) is 6.02. The number of rotatable bonds is 6. The number of nitrogens with one attached hydrogen (secondary N) is 1. The molecule has 1 N–H and O–H groups in total. The van der Waals surface area contributed by atoms with Gasteiger partial charge >= 0.3 is 0 Å². The van der Waals surface area contributed by atoms with Crippen LogP contribution >= 0.6 is 0 Å². The minimum Gasteiger partial charge on any atom is -0.380 e. The van der Waals surface area contributed by atoms with Gasteiger partial charge < -0.3 is 15.0 Å². The lowest BCUT2D eigenvalue weighted by atomic mass is 9.93. The van der Waals surface area contributed by atoms with Gasteiger partial charge in [0, 0.05) is 31.8 Å². The SMILES string of the molecule is CNC(c1ccccc1F)C(C)CN1CCCC(OC)C1. The Bertz CT molecular complexity index is 441. The van der Waals surface area contributed by atoms with Gasteiger partial charge in [0.1, 0.15) is 5.82 Å². The van der Waals surface area contributed by atoms with Gasteiger partial charge in [-0.15, -0.1) is 0 Å². The van der Waals surface area contributed by atoms with Gasteiger partial charge in [-0.2, -0.15) is 0 Å². The minimum atomic E-state index is -0.128. The highest BCUT2D eigenvalue weighted by molar-refractivity contribution is 5.21. The lowest BCUT2D eigenvalue weighted by Crippen LogP contribution is -2.43. The number of ether oxygens (including phenoxy) is 1. The van der Waals surface area contributed by atoms with Gasteiger partial charge in [-0.3, -0.25) is 0 Å². The summed E-state index contributed by atoms with van der Waals surface area (Å²) in [6, 6.07) is 7.09. The van der Waals surface area contributed by atoms with Gasteiger partial charge in [0.25, 0.3) is 0 Å². The van der Waals surface area contributed by atoms with Crippen molar-refractivity contribution >= 4 is 0 Å². The first-order valence-corrected chi connectivity index (χ1v) is 7.82. The Hall–Kier alpha value is -0.970. The fourth-order valence-electron chi connectivity index (χ4n) is 3.36. The highest BCUT2D eigenvalue weighted by Gasteiger charge is 2.25. The second kappa shape index (κ2) is 7.87. The van der Waals surface area contributed by atoms with Crippen LogP contribution in [0.15, 0.2) is 24.3 Å². The van der Waals surface area contributed by atoms with E-state index >= 15 is 0 Å². The minimum absolute atomic E-state index is 0.0362. The summed E-state index contributed by atoms with van der Waals surface area (Å²) >= 11 is 0. The topological polar surface area (TPSA) is 24.5 Å². The molecule has 1 saturated heterocycles. The predicted molar refractivity (Wildman–Crippen MR) is 83.8 cm³/mol. The molecule has 118 valence electrons. The standard InChI is InChI=1S/C17H27FN2O/c1-13(11-20-10-6-7-14(12-20)21-3)17(19-2)15-8-4-5-9-16(15)18/h4-5,8-9,13-14,17,19H,6-7,10-12H2,1-3H3. The monoisotopic (exact) mass is 294 g/mol. The maximum Gasteiger partial charge on any atom is 0.127 e. The first-order chi connectivity index (χ1) is 10.2. The van der Waals surface area contributed by atoms with E-state index in [-0.39, 0.29) is 11.9 Å². The molecule has 3 atom stereocenters. The van der Waals surface area contributed by atoms with Crippen molar-refractivity contribution in [3.63, 3.8) is 0 Å². The van der Waals surface area contributed by atoms with E-state index in [9.17, 15) is 4.39 Å². The normalized spacial score (nSPS) is 23.0. The Labute approximate surface area is 127 Å². The fraction of sp³-hybridized carbons (Fsp3) is 0.647. The van der Waals surface area contributed by atoms with Crippen molar-refractivity contribution in [1.29, 1.82) is 0 Å². The molecule has 0 aromatic heterocycles. The van der Waals surface area contributed by atoms with Crippen LogP contribution in [0.3, 0.4) is 0 Å². The predicted octanol–water partition coefficient (Wildman–Crippen LogP) is 2.83. The van der Waals surface area contributed by atoms with Crippen LogP contribution in [-0.2, 0) is 4.74 Å². The zero-order valence-electron chi connectivity index (χ0n) is 13.3. The van der Waals surface area contributed by atoms with E-state index in [1.165, 1.54) is 12.5 Å². The highest BCUT2D eigenvalue weighted by atomic mass is 19.1. The molecule has 1 fully saturated rings. The van der Waals surface area contributed by atoms with E-state index in [4.69, 9.17) is 4.74 Å². The van der Waals surface area contributed by atoms with Crippen molar-refractivity contribution in [1.82, 2.24) is 10.2 Å². The third-order valence-corrected chi connectivity index (χ3v) is 4.46. The zero-order chi connectivity index (χ0) is 15.2. The molecule has 0 amide bonds. The molecule has 1 aromatic carbocycles. The van der Waals surface area contributed by atoms with Gasteiger partial charge in [0.15, 0.2) is 0 Å². The molecule has 3 nitrogen and oxygen atoms in total. The van der Waals surface area contributed by atoms with Crippen LogP contribution in [0.2, 0.25) is 0 Å². The summed E-state index contributed by atoms with van der Waals surface area (Å²) in [7, 11) is 3.69. The van der Waals surface area contributed by atoms with E-state index in [2.05, 4.69) is 17.1 Å². The summed E-state index contributed by atoms with van der Waals surface area (Å²) in [5.41, 5.74) is 0.757. The van der Waals surface area contributed by atoms with E-state index < -0.39 is 0 Å². The second-order valence-corrected chi connectivity index (χ2v) is 6.02. The van der Waals surface area contributed by atoms with Crippen molar-refractivity contribution in [2.24, 2.45) is 5.92 Å². The molecule has 0 aliphatic carbocycles.